The molecule has 2 N–H and O–H groups in total. The van der Waals surface area contributed by atoms with E-state index in [1.165, 1.54) is 25.7 Å². The molecule has 0 bridgehead atoms. The molecule has 2 aliphatic carbocycles. The summed E-state index contributed by atoms with van der Waals surface area (Å²) in [6.07, 6.45) is 6.10. The number of amides is 1. The number of carbonyl (C=O) groups is 1. The lowest BCUT2D eigenvalue weighted by molar-refractivity contribution is -0.180. The summed E-state index contributed by atoms with van der Waals surface area (Å²) >= 11 is 0. The predicted molar refractivity (Wildman–Crippen MR) is 109 cm³/mol. The summed E-state index contributed by atoms with van der Waals surface area (Å²) in [4.78, 5) is 17.8. The van der Waals surface area contributed by atoms with E-state index >= 15 is 0 Å². The molecule has 3 rings (SSSR count). The van der Waals surface area contributed by atoms with Crippen LogP contribution in [0.15, 0.2) is 0 Å². The molecule has 3 aliphatic rings. The zero-order valence-corrected chi connectivity index (χ0v) is 18.2. The summed E-state index contributed by atoms with van der Waals surface area (Å²) in [5.41, 5.74) is 5.54. The number of nitrogens with zero attached hydrogens (tertiary/aromatic N) is 2. The van der Waals surface area contributed by atoms with E-state index in [2.05, 4.69) is 32.6 Å². The van der Waals surface area contributed by atoms with Crippen molar-refractivity contribution in [1.29, 1.82) is 0 Å². The van der Waals surface area contributed by atoms with Crippen molar-refractivity contribution in [2.24, 2.45) is 23.0 Å². The molecule has 0 aromatic carbocycles. The van der Waals surface area contributed by atoms with Crippen molar-refractivity contribution in [2.75, 3.05) is 32.8 Å². The Balaban J connectivity index is 1.50. The first-order valence-electron chi connectivity index (χ1n) is 11.1. The summed E-state index contributed by atoms with van der Waals surface area (Å²) < 4.78 is 5.79. The Kier molecular flexibility index (Phi) is 6.24. The number of hydrogen-bond donors (Lipinski definition) is 1. The van der Waals surface area contributed by atoms with Gasteiger partial charge in [-0.3, -0.25) is 9.69 Å². The van der Waals surface area contributed by atoms with Gasteiger partial charge >= 0.3 is 0 Å². The van der Waals surface area contributed by atoms with Gasteiger partial charge in [-0.05, 0) is 44.4 Å². The van der Waals surface area contributed by atoms with Gasteiger partial charge in [0, 0.05) is 50.7 Å². The number of nitrogens with two attached hydrogens (primary N) is 1. The number of hydrogen-bond acceptors (Lipinski definition) is 4. The molecule has 2 unspecified atom stereocenters. The lowest BCUT2D eigenvalue weighted by Crippen LogP contribution is -2.76. The Bertz CT molecular complexity index is 520. The predicted octanol–water partition coefficient (Wildman–Crippen LogP) is 2.88. The highest BCUT2D eigenvalue weighted by Gasteiger charge is 2.63. The first-order chi connectivity index (χ1) is 12.7. The topological polar surface area (TPSA) is 58.8 Å². The number of rotatable bonds is 5. The van der Waals surface area contributed by atoms with E-state index in [-0.39, 0.29) is 17.4 Å². The minimum absolute atomic E-state index is 0.0916. The molecule has 0 spiro atoms. The molecular weight excluding hydrogens is 338 g/mol. The lowest BCUT2D eigenvalue weighted by atomic mass is 9.54. The second kappa shape index (κ2) is 8.00. The maximum atomic E-state index is 13.2. The highest BCUT2D eigenvalue weighted by atomic mass is 16.5. The molecule has 2 saturated carbocycles. The monoisotopic (exact) mass is 379 g/mol. The van der Waals surface area contributed by atoms with Crippen LogP contribution in [-0.2, 0) is 9.53 Å². The number of ether oxygens (including phenoxy) is 1. The minimum Gasteiger partial charge on any atom is -0.378 e. The summed E-state index contributed by atoms with van der Waals surface area (Å²) in [5, 5.41) is 0. The fraction of sp³-hybridized carbons (Fsp3) is 0.955. The van der Waals surface area contributed by atoms with Crippen molar-refractivity contribution in [3.63, 3.8) is 0 Å². The van der Waals surface area contributed by atoms with Gasteiger partial charge in [0.05, 0.1) is 6.10 Å². The van der Waals surface area contributed by atoms with E-state index < -0.39 is 5.54 Å². The van der Waals surface area contributed by atoms with Gasteiger partial charge in [-0.25, -0.2) is 0 Å². The Morgan fingerprint density at radius 3 is 2.19 bits per heavy atom. The second-order valence-electron chi connectivity index (χ2n) is 9.98. The van der Waals surface area contributed by atoms with Crippen LogP contribution < -0.4 is 5.73 Å². The quantitative estimate of drug-likeness (QED) is 0.798. The van der Waals surface area contributed by atoms with Crippen LogP contribution in [-0.4, -0.2) is 66.2 Å². The highest BCUT2D eigenvalue weighted by molar-refractivity contribution is 5.89. The molecule has 0 aromatic heterocycles. The number of piperazine rings is 1. The van der Waals surface area contributed by atoms with Crippen LogP contribution in [0.4, 0.5) is 0 Å². The van der Waals surface area contributed by atoms with E-state index in [9.17, 15) is 4.79 Å². The fourth-order valence-electron chi connectivity index (χ4n) is 5.50. The van der Waals surface area contributed by atoms with Gasteiger partial charge in [0.25, 0.3) is 0 Å². The van der Waals surface area contributed by atoms with Crippen LogP contribution in [0.3, 0.4) is 0 Å². The number of carbonyl (C=O) groups excluding carboxylic acids is 1. The molecular formula is C22H41N3O2. The lowest BCUT2D eigenvalue weighted by Gasteiger charge is -2.59. The highest BCUT2D eigenvalue weighted by Crippen LogP contribution is 2.50. The standard InChI is InChI=1S/C22H41N3O2/c1-6-27-19-15-22(23,21(19,4)5)20(26)25-13-11-24(12-14-25)18-9-7-17(8-10-18)16(2)3/h16-19H,6-15,23H2,1-5H3. The summed E-state index contributed by atoms with van der Waals surface area (Å²) in [5.74, 6) is 1.85. The van der Waals surface area contributed by atoms with Crippen LogP contribution in [0.5, 0.6) is 0 Å². The molecule has 1 amide bonds. The van der Waals surface area contributed by atoms with Crippen molar-refractivity contribution in [1.82, 2.24) is 9.80 Å². The third kappa shape index (κ3) is 3.79. The average Bonchev–Trinajstić information content (AvgIpc) is 2.67. The molecule has 1 heterocycles. The largest absolute Gasteiger partial charge is 0.378 e. The third-order valence-electron chi connectivity index (χ3n) is 8.01. The average molecular weight is 380 g/mol. The fourth-order valence-corrected chi connectivity index (χ4v) is 5.50. The van der Waals surface area contributed by atoms with Crippen molar-refractivity contribution >= 4 is 5.91 Å². The van der Waals surface area contributed by atoms with Gasteiger partial charge in [0.1, 0.15) is 5.54 Å². The summed E-state index contributed by atoms with van der Waals surface area (Å²) in [7, 11) is 0. The molecule has 156 valence electrons. The van der Waals surface area contributed by atoms with E-state index in [1.807, 2.05) is 11.8 Å². The molecule has 1 saturated heterocycles. The normalized spacial score (nSPS) is 37.3. The second-order valence-corrected chi connectivity index (χ2v) is 9.98. The first kappa shape index (κ1) is 21.1. The van der Waals surface area contributed by atoms with Crippen molar-refractivity contribution in [3.8, 4) is 0 Å². The van der Waals surface area contributed by atoms with Crippen LogP contribution in [0.2, 0.25) is 0 Å². The molecule has 0 radical (unpaired) electrons. The Morgan fingerprint density at radius 1 is 1.11 bits per heavy atom. The molecule has 5 heteroatoms. The van der Waals surface area contributed by atoms with Gasteiger partial charge in [0.15, 0.2) is 0 Å². The summed E-state index contributed by atoms with van der Waals surface area (Å²) in [6, 6.07) is 0.714. The van der Waals surface area contributed by atoms with E-state index in [1.54, 1.807) is 0 Å². The van der Waals surface area contributed by atoms with Gasteiger partial charge in [-0.1, -0.05) is 27.7 Å². The molecule has 0 aromatic rings. The molecule has 1 aliphatic heterocycles. The van der Waals surface area contributed by atoms with Crippen molar-refractivity contribution < 1.29 is 9.53 Å². The minimum atomic E-state index is -0.773. The molecule has 27 heavy (non-hydrogen) atoms. The maximum absolute atomic E-state index is 13.2. The summed E-state index contributed by atoms with van der Waals surface area (Å²) in [6.45, 7) is 15.2. The zero-order valence-electron chi connectivity index (χ0n) is 18.2. The maximum Gasteiger partial charge on any atom is 0.243 e. The van der Waals surface area contributed by atoms with Gasteiger partial charge in [-0.15, -0.1) is 0 Å². The van der Waals surface area contributed by atoms with Crippen LogP contribution >= 0.6 is 0 Å². The van der Waals surface area contributed by atoms with E-state index in [4.69, 9.17) is 10.5 Å². The van der Waals surface area contributed by atoms with Crippen LogP contribution in [0.25, 0.3) is 0 Å². The van der Waals surface area contributed by atoms with Gasteiger partial charge in [0.2, 0.25) is 5.91 Å². The molecule has 3 fully saturated rings. The van der Waals surface area contributed by atoms with Crippen molar-refractivity contribution in [2.45, 2.75) is 84.4 Å². The SMILES string of the molecule is CCOC1CC(N)(C(=O)N2CCN(C3CCC(C(C)C)CC3)CC2)C1(C)C. The smallest absolute Gasteiger partial charge is 0.243 e. The van der Waals surface area contributed by atoms with Gasteiger partial charge in [-0.2, -0.15) is 0 Å². The molecule has 5 nitrogen and oxygen atoms in total. The van der Waals surface area contributed by atoms with Crippen molar-refractivity contribution in [3.05, 3.63) is 0 Å². The first-order valence-corrected chi connectivity index (χ1v) is 11.1. The Hall–Kier alpha value is -0.650. The Morgan fingerprint density at radius 2 is 1.70 bits per heavy atom. The third-order valence-corrected chi connectivity index (χ3v) is 8.01. The van der Waals surface area contributed by atoms with E-state index in [0.29, 0.717) is 19.1 Å². The van der Waals surface area contributed by atoms with Crippen LogP contribution in [0.1, 0.15) is 66.7 Å². The van der Waals surface area contributed by atoms with Gasteiger partial charge < -0.3 is 15.4 Å². The zero-order chi connectivity index (χ0) is 19.8. The van der Waals surface area contributed by atoms with E-state index in [0.717, 1.165) is 38.0 Å². The molecule has 2 atom stereocenters. The van der Waals surface area contributed by atoms with Crippen LogP contribution in [0, 0.1) is 17.3 Å². The Labute approximate surface area is 166 Å².